The van der Waals surface area contributed by atoms with E-state index in [1.165, 1.54) is 6.07 Å². The lowest BCUT2D eigenvalue weighted by Crippen LogP contribution is -2.57. The smallest absolute Gasteiger partial charge is 0.128 e. The van der Waals surface area contributed by atoms with Crippen LogP contribution in [0.3, 0.4) is 0 Å². The first-order valence-electron chi connectivity index (χ1n) is 7.43. The summed E-state index contributed by atoms with van der Waals surface area (Å²) in [4.78, 5) is 0. The Morgan fingerprint density at radius 2 is 1.95 bits per heavy atom. The Hall–Kier alpha value is -0.350. The highest BCUT2D eigenvalue weighted by atomic mass is 35.5. The largest absolute Gasteiger partial charge is 0.389 e. The minimum Gasteiger partial charge on any atom is -0.389 e. The fourth-order valence-electron chi connectivity index (χ4n) is 4.42. The molecule has 0 spiro atoms. The lowest BCUT2D eigenvalue weighted by molar-refractivity contribution is -0.0865. The van der Waals surface area contributed by atoms with E-state index >= 15 is 0 Å². The van der Waals surface area contributed by atoms with E-state index in [2.05, 4.69) is 0 Å². The lowest BCUT2D eigenvalue weighted by atomic mass is 9.53. The molecule has 0 amide bonds. The Morgan fingerprint density at radius 1 is 1.24 bits per heavy atom. The molecule has 3 rings (SSSR count). The van der Waals surface area contributed by atoms with Gasteiger partial charge in [-0.05, 0) is 61.9 Å². The Balaban J connectivity index is 0.00000161. The maximum atomic E-state index is 14.2. The molecule has 0 saturated heterocycles. The van der Waals surface area contributed by atoms with Crippen LogP contribution in [0, 0.1) is 5.82 Å². The van der Waals surface area contributed by atoms with Crippen LogP contribution in [0.25, 0.3) is 0 Å². The minimum absolute atomic E-state index is 0. The Kier molecular flexibility index (Phi) is 4.89. The second kappa shape index (κ2) is 6.04. The van der Waals surface area contributed by atoms with Crippen LogP contribution in [0.2, 0.25) is 5.02 Å². The average Bonchev–Trinajstić information content (AvgIpc) is 2.39. The third kappa shape index (κ3) is 2.48. The zero-order chi connectivity index (χ0) is 14.4. The molecule has 0 aromatic heterocycles. The molecule has 2 atom stereocenters. The minimum atomic E-state index is -0.755. The number of hydrogen-bond donors (Lipinski definition) is 2. The van der Waals surface area contributed by atoms with Gasteiger partial charge in [0.05, 0.1) is 5.60 Å². The van der Waals surface area contributed by atoms with Gasteiger partial charge in [0.1, 0.15) is 5.82 Å². The van der Waals surface area contributed by atoms with Gasteiger partial charge >= 0.3 is 0 Å². The monoisotopic (exact) mass is 333 g/mol. The molecule has 2 nitrogen and oxygen atoms in total. The molecule has 1 aromatic rings. The number of fused-ring (bicyclic) bond motifs is 3. The van der Waals surface area contributed by atoms with Gasteiger partial charge in [0, 0.05) is 10.4 Å². The van der Waals surface area contributed by atoms with Gasteiger partial charge in [0.25, 0.3) is 0 Å². The van der Waals surface area contributed by atoms with Crippen molar-refractivity contribution in [2.24, 2.45) is 5.73 Å². The summed E-state index contributed by atoms with van der Waals surface area (Å²) in [6.45, 7) is 0.496. The molecule has 2 unspecified atom stereocenters. The summed E-state index contributed by atoms with van der Waals surface area (Å²) in [7, 11) is 0. The van der Waals surface area contributed by atoms with E-state index in [-0.39, 0.29) is 18.2 Å². The maximum absolute atomic E-state index is 14.2. The van der Waals surface area contributed by atoms with Crippen LogP contribution in [0.1, 0.15) is 49.7 Å². The summed E-state index contributed by atoms with van der Waals surface area (Å²) >= 11 is 6.07. The van der Waals surface area contributed by atoms with E-state index in [4.69, 9.17) is 17.3 Å². The van der Waals surface area contributed by atoms with E-state index in [1.807, 2.05) is 6.07 Å². The summed E-state index contributed by atoms with van der Waals surface area (Å²) in [5.74, 6) is -0.239. The van der Waals surface area contributed by atoms with E-state index in [0.717, 1.165) is 36.8 Å². The van der Waals surface area contributed by atoms with Crippen molar-refractivity contribution in [1.29, 1.82) is 0 Å². The van der Waals surface area contributed by atoms with Gasteiger partial charge in [-0.15, -0.1) is 12.4 Å². The third-order valence-corrected chi connectivity index (χ3v) is 5.59. The van der Waals surface area contributed by atoms with Crippen LogP contribution in [-0.2, 0) is 11.8 Å². The van der Waals surface area contributed by atoms with Gasteiger partial charge in [-0.2, -0.15) is 0 Å². The van der Waals surface area contributed by atoms with Crippen LogP contribution >= 0.6 is 24.0 Å². The van der Waals surface area contributed by atoms with Crippen molar-refractivity contribution in [3.8, 4) is 0 Å². The second-order valence-electron chi connectivity index (χ2n) is 6.27. The number of rotatable bonds is 2. The van der Waals surface area contributed by atoms with Crippen molar-refractivity contribution < 1.29 is 9.50 Å². The third-order valence-electron chi connectivity index (χ3n) is 5.37. The molecule has 118 valence electrons. The first kappa shape index (κ1) is 17.0. The summed E-state index contributed by atoms with van der Waals surface area (Å²) in [5, 5.41) is 11.6. The Morgan fingerprint density at radius 3 is 2.67 bits per heavy atom. The van der Waals surface area contributed by atoms with Crippen LogP contribution in [0.5, 0.6) is 0 Å². The van der Waals surface area contributed by atoms with Crippen molar-refractivity contribution in [3.05, 3.63) is 34.1 Å². The molecule has 0 aliphatic heterocycles. The molecule has 3 N–H and O–H groups in total. The summed E-state index contributed by atoms with van der Waals surface area (Å²) in [5.41, 5.74) is 6.28. The highest BCUT2D eigenvalue weighted by molar-refractivity contribution is 6.30. The van der Waals surface area contributed by atoms with Crippen molar-refractivity contribution in [3.63, 3.8) is 0 Å². The van der Waals surface area contributed by atoms with Crippen LogP contribution in [0.15, 0.2) is 12.1 Å². The maximum Gasteiger partial charge on any atom is 0.128 e. The van der Waals surface area contributed by atoms with E-state index in [9.17, 15) is 9.50 Å². The molecule has 21 heavy (non-hydrogen) atoms. The molecular formula is C16H22Cl2FNO. The Labute approximate surface area is 136 Å². The van der Waals surface area contributed by atoms with Crippen LogP contribution in [-0.4, -0.2) is 17.3 Å². The molecule has 1 aromatic carbocycles. The predicted molar refractivity (Wildman–Crippen MR) is 85.7 cm³/mol. The quantitative estimate of drug-likeness (QED) is 0.865. The second-order valence-corrected chi connectivity index (χ2v) is 6.71. The summed E-state index contributed by atoms with van der Waals surface area (Å²) < 4.78 is 14.2. The molecule has 0 heterocycles. The zero-order valence-corrected chi connectivity index (χ0v) is 13.6. The fraction of sp³-hybridized carbons (Fsp3) is 0.625. The first-order chi connectivity index (χ1) is 9.52. The van der Waals surface area contributed by atoms with Gasteiger partial charge in [-0.1, -0.05) is 24.4 Å². The van der Waals surface area contributed by atoms with E-state index < -0.39 is 11.0 Å². The highest BCUT2D eigenvalue weighted by Crippen LogP contribution is 2.55. The van der Waals surface area contributed by atoms with Crippen molar-refractivity contribution in [2.75, 3.05) is 6.54 Å². The standard InChI is InChI=1S/C16H21ClFNO.ClH/c17-11-9-13-12(14(18)10-11)3-6-16(20)5-2-1-4-15(13,16)7-8-19;/h9-10,20H,1-8,19H2;1H. The van der Waals surface area contributed by atoms with Gasteiger partial charge in [-0.3, -0.25) is 0 Å². The van der Waals surface area contributed by atoms with Crippen molar-refractivity contribution >= 4 is 24.0 Å². The SMILES string of the molecule is Cl.NCCC12CCCCC1(O)CCc1c(F)cc(Cl)cc12. The number of nitrogens with two attached hydrogens (primary N) is 1. The number of aliphatic hydroxyl groups is 1. The topological polar surface area (TPSA) is 46.2 Å². The molecule has 0 radical (unpaired) electrons. The first-order valence-corrected chi connectivity index (χ1v) is 7.81. The van der Waals surface area contributed by atoms with Crippen molar-refractivity contribution in [2.45, 2.75) is 56.0 Å². The van der Waals surface area contributed by atoms with Gasteiger partial charge in [0.15, 0.2) is 0 Å². The zero-order valence-electron chi connectivity index (χ0n) is 12.0. The molecule has 1 saturated carbocycles. The normalized spacial score (nSPS) is 31.0. The van der Waals surface area contributed by atoms with Gasteiger partial charge in [-0.25, -0.2) is 4.39 Å². The summed E-state index contributed by atoms with van der Waals surface area (Å²) in [6.07, 6.45) is 5.63. The summed E-state index contributed by atoms with van der Waals surface area (Å²) in [6, 6.07) is 3.23. The Bertz CT molecular complexity index is 535. The average molecular weight is 334 g/mol. The van der Waals surface area contributed by atoms with Crippen LogP contribution in [0.4, 0.5) is 4.39 Å². The molecule has 2 aliphatic rings. The van der Waals surface area contributed by atoms with E-state index in [1.54, 1.807) is 0 Å². The predicted octanol–water partition coefficient (Wildman–Crippen LogP) is 3.74. The van der Waals surface area contributed by atoms with Crippen LogP contribution < -0.4 is 5.73 Å². The fourth-order valence-corrected chi connectivity index (χ4v) is 4.63. The molecule has 0 bridgehead atoms. The molecule has 2 aliphatic carbocycles. The number of halogens is 3. The number of hydrogen-bond acceptors (Lipinski definition) is 2. The number of benzene rings is 1. The van der Waals surface area contributed by atoms with Gasteiger partial charge < -0.3 is 10.8 Å². The van der Waals surface area contributed by atoms with E-state index in [0.29, 0.717) is 30.8 Å². The molecule has 1 fully saturated rings. The molecular weight excluding hydrogens is 312 g/mol. The molecule has 5 heteroatoms. The lowest BCUT2D eigenvalue weighted by Gasteiger charge is -2.54. The van der Waals surface area contributed by atoms with Crippen molar-refractivity contribution in [1.82, 2.24) is 0 Å². The highest BCUT2D eigenvalue weighted by Gasteiger charge is 2.55. The van der Waals surface area contributed by atoms with Gasteiger partial charge in [0.2, 0.25) is 0 Å².